The molecule has 0 aromatic carbocycles. The van der Waals surface area contributed by atoms with Gasteiger partial charge in [-0.25, -0.2) is 0 Å². The summed E-state index contributed by atoms with van der Waals surface area (Å²) in [5.41, 5.74) is 0. The molecular weight excluding hydrogens is 290 g/mol. The van der Waals surface area contributed by atoms with Gasteiger partial charge >= 0.3 is 0 Å². The zero-order chi connectivity index (χ0) is 13.0. The lowest BCUT2D eigenvalue weighted by molar-refractivity contribution is -0.127. The van der Waals surface area contributed by atoms with Crippen LogP contribution in [-0.2, 0) is 10.5 Å². The molecule has 0 saturated carbocycles. The molecule has 0 spiro atoms. The number of hydrogen-bond acceptors (Lipinski definition) is 4. The van der Waals surface area contributed by atoms with Gasteiger partial charge in [-0.15, -0.1) is 23.1 Å². The van der Waals surface area contributed by atoms with Crippen LogP contribution in [0.5, 0.6) is 0 Å². The molecule has 1 N–H and O–H groups in total. The summed E-state index contributed by atoms with van der Waals surface area (Å²) < 4.78 is 0.794. The number of hydrogen-bond donors (Lipinski definition) is 1. The first-order chi connectivity index (χ1) is 8.69. The Kier molecular flexibility index (Phi) is 5.36. The van der Waals surface area contributed by atoms with Crippen molar-refractivity contribution in [2.24, 2.45) is 5.92 Å². The number of aliphatic hydroxyl groups excluding tert-OH is 1. The molecule has 1 aliphatic rings. The van der Waals surface area contributed by atoms with Crippen molar-refractivity contribution in [1.82, 2.24) is 4.90 Å². The molecule has 1 amide bonds. The van der Waals surface area contributed by atoms with Gasteiger partial charge in [-0.2, -0.15) is 0 Å². The number of nitrogens with zero attached hydrogens (tertiary/aromatic N) is 1. The maximum Gasteiger partial charge on any atom is 0.232 e. The van der Waals surface area contributed by atoms with Crippen molar-refractivity contribution in [3.05, 3.63) is 21.3 Å². The van der Waals surface area contributed by atoms with Crippen LogP contribution in [-0.4, -0.2) is 41.4 Å². The Morgan fingerprint density at radius 2 is 2.44 bits per heavy atom. The summed E-state index contributed by atoms with van der Waals surface area (Å²) in [6, 6.07) is 3.89. The topological polar surface area (TPSA) is 40.5 Å². The summed E-state index contributed by atoms with van der Waals surface area (Å²) in [5, 5.41) is 9.04. The molecule has 1 fully saturated rings. The fraction of sp³-hybridized carbons (Fsp3) is 0.583. The van der Waals surface area contributed by atoms with Gasteiger partial charge in [0.25, 0.3) is 0 Å². The highest BCUT2D eigenvalue weighted by Crippen LogP contribution is 2.25. The molecule has 1 aliphatic heterocycles. The molecule has 2 rings (SSSR count). The van der Waals surface area contributed by atoms with Crippen molar-refractivity contribution in [2.75, 3.05) is 25.4 Å². The van der Waals surface area contributed by atoms with E-state index in [4.69, 9.17) is 16.7 Å². The van der Waals surface area contributed by atoms with E-state index in [-0.39, 0.29) is 18.4 Å². The van der Waals surface area contributed by atoms with Gasteiger partial charge in [0.1, 0.15) is 0 Å². The van der Waals surface area contributed by atoms with E-state index in [9.17, 15) is 4.79 Å². The summed E-state index contributed by atoms with van der Waals surface area (Å²) in [6.45, 7) is 1.68. The van der Waals surface area contributed by atoms with Gasteiger partial charge in [0.2, 0.25) is 5.91 Å². The SMILES string of the molecule is O=C(CSCc1ccc(Cl)s1)N1CCC(CO)C1. The highest BCUT2D eigenvalue weighted by atomic mass is 35.5. The van der Waals surface area contributed by atoms with Crippen molar-refractivity contribution in [1.29, 1.82) is 0 Å². The number of halogens is 1. The molecule has 18 heavy (non-hydrogen) atoms. The number of aliphatic hydroxyl groups is 1. The van der Waals surface area contributed by atoms with Gasteiger partial charge < -0.3 is 10.0 Å². The number of likely N-dealkylation sites (tertiary alicyclic amines) is 1. The lowest BCUT2D eigenvalue weighted by Crippen LogP contribution is -2.30. The minimum absolute atomic E-state index is 0.179. The minimum Gasteiger partial charge on any atom is -0.396 e. The molecule has 0 bridgehead atoms. The zero-order valence-corrected chi connectivity index (χ0v) is 12.4. The first-order valence-electron chi connectivity index (χ1n) is 5.89. The van der Waals surface area contributed by atoms with Crippen LogP contribution in [0, 0.1) is 5.92 Å². The summed E-state index contributed by atoms with van der Waals surface area (Å²) >= 11 is 9.03. The van der Waals surface area contributed by atoms with Crippen LogP contribution in [0.1, 0.15) is 11.3 Å². The molecule has 1 saturated heterocycles. The molecule has 100 valence electrons. The van der Waals surface area contributed by atoms with Gasteiger partial charge in [-0.3, -0.25) is 4.79 Å². The quantitative estimate of drug-likeness (QED) is 0.908. The van der Waals surface area contributed by atoms with Gasteiger partial charge in [0, 0.05) is 36.2 Å². The maximum absolute atomic E-state index is 11.9. The third kappa shape index (κ3) is 3.88. The van der Waals surface area contributed by atoms with E-state index in [0.29, 0.717) is 12.3 Å². The van der Waals surface area contributed by atoms with Crippen LogP contribution in [0.15, 0.2) is 12.1 Å². The van der Waals surface area contributed by atoms with E-state index in [1.165, 1.54) is 4.88 Å². The normalized spacial score (nSPS) is 19.4. The molecule has 3 nitrogen and oxygen atoms in total. The third-order valence-corrected chi connectivity index (χ3v) is 5.38. The van der Waals surface area contributed by atoms with Crippen LogP contribution < -0.4 is 0 Å². The lowest BCUT2D eigenvalue weighted by atomic mass is 10.1. The Balaban J connectivity index is 1.69. The standard InChI is InChI=1S/C12H16ClNO2S2/c13-11-2-1-10(18-11)7-17-8-12(16)14-4-3-9(5-14)6-15/h1-2,9,15H,3-8H2. The second-order valence-corrected chi connectivity index (χ2v) is 7.16. The van der Waals surface area contributed by atoms with E-state index in [1.54, 1.807) is 23.1 Å². The van der Waals surface area contributed by atoms with Crippen molar-refractivity contribution in [3.63, 3.8) is 0 Å². The van der Waals surface area contributed by atoms with E-state index in [0.717, 1.165) is 23.1 Å². The second kappa shape index (κ2) is 6.80. The fourth-order valence-electron chi connectivity index (χ4n) is 1.97. The summed E-state index contributed by atoms with van der Waals surface area (Å²) in [4.78, 5) is 15.0. The number of amides is 1. The fourth-order valence-corrected chi connectivity index (χ4v) is 4.09. The smallest absolute Gasteiger partial charge is 0.232 e. The first-order valence-corrected chi connectivity index (χ1v) is 8.24. The number of rotatable bonds is 5. The number of carbonyl (C=O) groups excluding carboxylic acids is 1. The van der Waals surface area contributed by atoms with E-state index in [1.807, 2.05) is 17.0 Å². The molecule has 0 aliphatic carbocycles. The summed E-state index contributed by atoms with van der Waals surface area (Å²) in [7, 11) is 0. The van der Waals surface area contributed by atoms with E-state index in [2.05, 4.69) is 0 Å². The maximum atomic E-state index is 11.9. The van der Waals surface area contributed by atoms with Crippen LogP contribution in [0.2, 0.25) is 4.34 Å². The van der Waals surface area contributed by atoms with Crippen molar-refractivity contribution >= 4 is 40.6 Å². The minimum atomic E-state index is 0.179. The zero-order valence-electron chi connectivity index (χ0n) is 9.97. The van der Waals surface area contributed by atoms with Gasteiger partial charge in [0.05, 0.1) is 10.1 Å². The van der Waals surface area contributed by atoms with Gasteiger partial charge in [-0.05, 0) is 18.6 Å². The predicted octanol–water partition coefficient (Wildman–Crippen LogP) is 2.48. The molecular formula is C12H16ClNO2S2. The second-order valence-electron chi connectivity index (χ2n) is 4.38. The average molecular weight is 306 g/mol. The van der Waals surface area contributed by atoms with Crippen molar-refractivity contribution in [2.45, 2.75) is 12.2 Å². The highest BCUT2D eigenvalue weighted by Gasteiger charge is 2.25. The van der Waals surface area contributed by atoms with Crippen molar-refractivity contribution in [3.8, 4) is 0 Å². The Hall–Kier alpha value is -0.230. The van der Waals surface area contributed by atoms with E-state index >= 15 is 0 Å². The lowest BCUT2D eigenvalue weighted by Gasteiger charge is -2.15. The molecule has 1 aromatic heterocycles. The Labute approximate surface area is 120 Å². The van der Waals surface area contributed by atoms with Crippen LogP contribution >= 0.6 is 34.7 Å². The monoisotopic (exact) mass is 305 g/mol. The van der Waals surface area contributed by atoms with Gasteiger partial charge in [-0.1, -0.05) is 11.6 Å². The molecule has 0 radical (unpaired) electrons. The highest BCUT2D eigenvalue weighted by molar-refractivity contribution is 7.99. The molecule has 1 aromatic rings. The van der Waals surface area contributed by atoms with Crippen LogP contribution in [0.4, 0.5) is 0 Å². The van der Waals surface area contributed by atoms with Crippen molar-refractivity contribution < 1.29 is 9.90 Å². The largest absolute Gasteiger partial charge is 0.396 e. The van der Waals surface area contributed by atoms with E-state index < -0.39 is 0 Å². The average Bonchev–Trinajstić information content (AvgIpc) is 2.98. The Bertz CT molecular complexity index is 411. The van der Waals surface area contributed by atoms with Crippen LogP contribution in [0.25, 0.3) is 0 Å². The Morgan fingerprint density at radius 3 is 3.06 bits per heavy atom. The summed E-state index contributed by atoms with van der Waals surface area (Å²) in [6.07, 6.45) is 0.924. The predicted molar refractivity (Wildman–Crippen MR) is 77.3 cm³/mol. The first kappa shape index (κ1) is 14.2. The third-order valence-electron chi connectivity index (χ3n) is 3.00. The molecule has 1 unspecified atom stereocenters. The summed E-state index contributed by atoms with van der Waals surface area (Å²) in [5.74, 6) is 1.79. The van der Waals surface area contributed by atoms with Crippen LogP contribution in [0.3, 0.4) is 0 Å². The number of carbonyl (C=O) groups is 1. The molecule has 6 heteroatoms. The Morgan fingerprint density at radius 1 is 1.61 bits per heavy atom. The molecule has 2 heterocycles. The molecule has 1 atom stereocenters. The van der Waals surface area contributed by atoms with Gasteiger partial charge in [0.15, 0.2) is 0 Å². The number of thiophene rings is 1. The number of thioether (sulfide) groups is 1.